The Bertz CT molecular complexity index is 697. The van der Waals surface area contributed by atoms with Crippen LogP contribution in [0, 0.1) is 0 Å². The van der Waals surface area contributed by atoms with Crippen LogP contribution in [0.2, 0.25) is 0 Å². The summed E-state index contributed by atoms with van der Waals surface area (Å²) in [7, 11) is 1.45. The summed E-state index contributed by atoms with van der Waals surface area (Å²) in [6.45, 7) is 1.63. The van der Waals surface area contributed by atoms with Crippen molar-refractivity contribution in [2.45, 2.75) is 19.4 Å². The quantitative estimate of drug-likeness (QED) is 0.762. The zero-order valence-corrected chi connectivity index (χ0v) is 13.6. The van der Waals surface area contributed by atoms with Crippen molar-refractivity contribution in [1.29, 1.82) is 0 Å². The molecule has 0 fully saturated rings. The van der Waals surface area contributed by atoms with E-state index in [1.54, 1.807) is 30.5 Å². The van der Waals surface area contributed by atoms with Crippen molar-refractivity contribution < 1.29 is 23.5 Å². The second kappa shape index (κ2) is 8.05. The molecular formula is C17H20N2O5. The summed E-state index contributed by atoms with van der Waals surface area (Å²) in [6.07, 6.45) is 2.19. The number of hydrogen-bond donors (Lipinski definition) is 2. The second-order valence-corrected chi connectivity index (χ2v) is 5.28. The third kappa shape index (κ3) is 4.77. The highest BCUT2D eigenvalue weighted by atomic mass is 16.5. The zero-order chi connectivity index (χ0) is 17.5. The average Bonchev–Trinajstić information content (AvgIpc) is 3.05. The molecule has 1 aromatic carbocycles. The number of nitrogens with two attached hydrogens (primary N) is 1. The lowest BCUT2D eigenvalue weighted by atomic mass is 10.1. The topological polar surface area (TPSA) is 104 Å². The van der Waals surface area contributed by atoms with E-state index < -0.39 is 5.91 Å². The molecule has 7 nitrogen and oxygen atoms in total. The predicted octanol–water partition coefficient (Wildman–Crippen LogP) is 1.51. The van der Waals surface area contributed by atoms with Gasteiger partial charge in [0.15, 0.2) is 18.1 Å². The van der Waals surface area contributed by atoms with Crippen molar-refractivity contribution in [1.82, 2.24) is 5.32 Å². The first-order valence-electron chi connectivity index (χ1n) is 7.42. The predicted molar refractivity (Wildman–Crippen MR) is 87.0 cm³/mol. The maximum absolute atomic E-state index is 12.3. The van der Waals surface area contributed by atoms with Gasteiger partial charge in [0.1, 0.15) is 5.76 Å². The smallest absolute Gasteiger partial charge is 0.255 e. The highest BCUT2D eigenvalue weighted by molar-refractivity contribution is 5.95. The van der Waals surface area contributed by atoms with Gasteiger partial charge < -0.3 is 24.9 Å². The fourth-order valence-corrected chi connectivity index (χ4v) is 2.17. The Balaban J connectivity index is 2.02. The molecule has 0 aliphatic heterocycles. The lowest BCUT2D eigenvalue weighted by molar-refractivity contribution is -0.119. The molecule has 0 aliphatic rings. The number of carbonyl (C=O) groups excluding carboxylic acids is 2. The number of ether oxygens (including phenoxy) is 2. The lowest BCUT2D eigenvalue weighted by Gasteiger charge is -2.14. The molecule has 1 heterocycles. The van der Waals surface area contributed by atoms with Crippen LogP contribution < -0.4 is 20.5 Å². The van der Waals surface area contributed by atoms with Crippen molar-refractivity contribution in [3.05, 3.63) is 47.9 Å². The average molecular weight is 332 g/mol. The number of rotatable bonds is 8. The Morgan fingerprint density at radius 2 is 2.08 bits per heavy atom. The van der Waals surface area contributed by atoms with Gasteiger partial charge >= 0.3 is 0 Å². The minimum Gasteiger partial charge on any atom is -0.493 e. The first-order valence-corrected chi connectivity index (χ1v) is 7.42. The van der Waals surface area contributed by atoms with Gasteiger partial charge in [0.05, 0.1) is 13.4 Å². The third-order valence-corrected chi connectivity index (χ3v) is 3.26. The first-order chi connectivity index (χ1) is 11.5. The number of carbonyl (C=O) groups is 2. The summed E-state index contributed by atoms with van der Waals surface area (Å²) < 4.78 is 15.7. The number of benzene rings is 1. The number of methoxy groups -OCH3 is 1. The molecule has 0 unspecified atom stereocenters. The summed E-state index contributed by atoms with van der Waals surface area (Å²) in [5, 5.41) is 2.89. The van der Waals surface area contributed by atoms with Crippen molar-refractivity contribution >= 4 is 11.8 Å². The second-order valence-electron chi connectivity index (χ2n) is 5.28. The van der Waals surface area contributed by atoms with E-state index in [2.05, 4.69) is 5.32 Å². The first kappa shape index (κ1) is 17.4. The SMILES string of the molecule is COc1cc(C(=O)N[C@@H](C)Cc2ccco2)ccc1OCC(N)=O. The van der Waals surface area contributed by atoms with Crippen LogP contribution in [0.15, 0.2) is 41.0 Å². The van der Waals surface area contributed by atoms with E-state index >= 15 is 0 Å². The molecule has 0 spiro atoms. The summed E-state index contributed by atoms with van der Waals surface area (Å²) in [5.74, 6) is 0.661. The van der Waals surface area contributed by atoms with Crippen molar-refractivity contribution in [3.63, 3.8) is 0 Å². The monoisotopic (exact) mass is 332 g/mol. The molecule has 3 N–H and O–H groups in total. The molecule has 0 radical (unpaired) electrons. The van der Waals surface area contributed by atoms with E-state index in [0.29, 0.717) is 23.5 Å². The number of amides is 2. The highest BCUT2D eigenvalue weighted by Crippen LogP contribution is 2.28. The minimum atomic E-state index is -0.592. The van der Waals surface area contributed by atoms with Crippen molar-refractivity contribution in [3.8, 4) is 11.5 Å². The molecular weight excluding hydrogens is 312 g/mol. The van der Waals surface area contributed by atoms with Gasteiger partial charge in [-0.25, -0.2) is 0 Å². The van der Waals surface area contributed by atoms with Gasteiger partial charge in [-0.1, -0.05) is 0 Å². The van der Waals surface area contributed by atoms with Gasteiger partial charge in [-0.15, -0.1) is 0 Å². The summed E-state index contributed by atoms with van der Waals surface area (Å²) in [5.41, 5.74) is 5.46. The van der Waals surface area contributed by atoms with Crippen LogP contribution >= 0.6 is 0 Å². The zero-order valence-electron chi connectivity index (χ0n) is 13.6. The van der Waals surface area contributed by atoms with Crippen LogP contribution in [0.1, 0.15) is 23.0 Å². The van der Waals surface area contributed by atoms with Crippen LogP contribution in [0.3, 0.4) is 0 Å². The standard InChI is InChI=1S/C17H20N2O5/c1-11(8-13-4-3-7-23-13)19-17(21)12-5-6-14(15(9-12)22-2)24-10-16(18)20/h3-7,9,11H,8,10H2,1-2H3,(H2,18,20)(H,19,21)/t11-/m0/s1. The Morgan fingerprint density at radius 3 is 2.71 bits per heavy atom. The van der Waals surface area contributed by atoms with Gasteiger partial charge in [-0.3, -0.25) is 9.59 Å². The van der Waals surface area contributed by atoms with Crippen molar-refractivity contribution in [2.24, 2.45) is 5.73 Å². The fourth-order valence-electron chi connectivity index (χ4n) is 2.17. The van der Waals surface area contributed by atoms with Crippen LogP contribution in [-0.4, -0.2) is 31.6 Å². The fraction of sp³-hybridized carbons (Fsp3) is 0.294. The lowest BCUT2D eigenvalue weighted by Crippen LogP contribution is -2.34. The molecule has 0 aliphatic carbocycles. The maximum Gasteiger partial charge on any atom is 0.255 e. The Morgan fingerprint density at radius 1 is 1.29 bits per heavy atom. The molecule has 0 saturated heterocycles. The van der Waals surface area contributed by atoms with Crippen LogP contribution in [0.4, 0.5) is 0 Å². The van der Waals surface area contributed by atoms with Gasteiger partial charge in [0.2, 0.25) is 0 Å². The van der Waals surface area contributed by atoms with E-state index in [1.807, 2.05) is 13.0 Å². The van der Waals surface area contributed by atoms with Gasteiger partial charge in [-0.2, -0.15) is 0 Å². The van der Waals surface area contributed by atoms with E-state index in [0.717, 1.165) is 5.76 Å². The van der Waals surface area contributed by atoms with Crippen LogP contribution in [0.25, 0.3) is 0 Å². The minimum absolute atomic E-state index is 0.0968. The summed E-state index contributed by atoms with van der Waals surface area (Å²) >= 11 is 0. The largest absolute Gasteiger partial charge is 0.493 e. The molecule has 24 heavy (non-hydrogen) atoms. The summed E-state index contributed by atoms with van der Waals surface area (Å²) in [6, 6.07) is 8.27. The Hall–Kier alpha value is -2.96. The van der Waals surface area contributed by atoms with E-state index in [9.17, 15) is 9.59 Å². The molecule has 2 aromatic rings. The van der Waals surface area contributed by atoms with Gasteiger partial charge in [0.25, 0.3) is 11.8 Å². The van der Waals surface area contributed by atoms with E-state index in [1.165, 1.54) is 7.11 Å². The molecule has 128 valence electrons. The molecule has 2 rings (SSSR count). The molecule has 1 atom stereocenters. The van der Waals surface area contributed by atoms with Gasteiger partial charge in [0, 0.05) is 18.0 Å². The van der Waals surface area contributed by atoms with Gasteiger partial charge in [-0.05, 0) is 37.3 Å². The van der Waals surface area contributed by atoms with Crippen molar-refractivity contribution in [2.75, 3.05) is 13.7 Å². The Labute approximate surface area is 139 Å². The number of nitrogens with one attached hydrogen (secondary N) is 1. The molecule has 7 heteroatoms. The number of furan rings is 1. The molecule has 0 bridgehead atoms. The van der Waals surface area contributed by atoms with Crippen LogP contribution in [0.5, 0.6) is 11.5 Å². The van der Waals surface area contributed by atoms with E-state index in [-0.39, 0.29) is 18.6 Å². The molecule has 1 aromatic heterocycles. The Kier molecular flexibility index (Phi) is 5.83. The maximum atomic E-state index is 12.3. The normalized spacial score (nSPS) is 11.6. The molecule has 0 saturated carbocycles. The van der Waals surface area contributed by atoms with E-state index in [4.69, 9.17) is 19.6 Å². The number of primary amides is 1. The highest BCUT2D eigenvalue weighted by Gasteiger charge is 2.14. The molecule has 2 amide bonds. The number of hydrogen-bond acceptors (Lipinski definition) is 5. The third-order valence-electron chi connectivity index (χ3n) is 3.26. The summed E-state index contributed by atoms with van der Waals surface area (Å²) in [4.78, 5) is 23.1. The van der Waals surface area contributed by atoms with Crippen LogP contribution in [-0.2, 0) is 11.2 Å².